The number of fused-ring (bicyclic) bond motifs is 7. The van der Waals surface area contributed by atoms with E-state index in [0.29, 0.717) is 18.0 Å². The molecule has 10 heteroatoms. The number of allylic oxidation sites excluding steroid dienone is 4. The Morgan fingerprint density at radius 3 is 2.62 bits per heavy atom. The Kier molecular flexibility index (Phi) is 7.41. The molecule has 3 saturated carbocycles. The highest BCUT2D eigenvalue weighted by Crippen LogP contribution is 2.72. The minimum Gasteiger partial charge on any atom is -0.390 e. The number of hydrogen-bond donors (Lipinski definition) is 2. The highest BCUT2D eigenvalue weighted by Gasteiger charge is 2.79. The Morgan fingerprint density at radius 2 is 1.91 bits per heavy atom. The lowest BCUT2D eigenvalue weighted by atomic mass is 9.44. The second-order valence-corrected chi connectivity index (χ2v) is 15.2. The summed E-state index contributed by atoms with van der Waals surface area (Å²) in [5.74, 6) is -2.01. The first kappa shape index (κ1) is 31.1. The van der Waals surface area contributed by atoms with Crippen molar-refractivity contribution in [3.63, 3.8) is 0 Å². The number of nitrogens with zero attached hydrogens (tertiary/aromatic N) is 1. The number of alkyl halides is 2. The van der Waals surface area contributed by atoms with E-state index in [2.05, 4.69) is 0 Å². The van der Waals surface area contributed by atoms with Gasteiger partial charge >= 0.3 is 0 Å². The number of hydrogen-bond acceptors (Lipinski definition) is 7. The van der Waals surface area contributed by atoms with Gasteiger partial charge in [-0.05, 0) is 91.8 Å². The summed E-state index contributed by atoms with van der Waals surface area (Å²) < 4.78 is 33.4. The van der Waals surface area contributed by atoms with Crippen LogP contribution >= 0.6 is 23.4 Å². The number of carbonyl (C=O) groups is 2. The SMILES string of the molecule is C[C@]12C=CC(=O)C=C1[C@@H](F)C[C@H]1[C@@H]3C[C@H]4CN(c5ccc(SCc6cccc(Cl)c6)cc5)O[C@@]4(C(=O)CO)[C@@]3(C)C[C@H](O)[C@@]12F. The minimum absolute atomic E-state index is 0.0624. The Bertz CT molecular complexity index is 1620. The Hall–Kier alpha value is -2.56. The number of halogens is 3. The van der Waals surface area contributed by atoms with Crippen molar-refractivity contribution < 1.29 is 33.4 Å². The molecule has 2 N–H and O–H groups in total. The minimum atomic E-state index is -2.25. The van der Waals surface area contributed by atoms with Gasteiger partial charge in [0.05, 0.1) is 18.3 Å². The first-order chi connectivity index (χ1) is 21.4. The predicted molar refractivity (Wildman–Crippen MR) is 168 cm³/mol. The summed E-state index contributed by atoms with van der Waals surface area (Å²) in [6, 6.07) is 15.5. The van der Waals surface area contributed by atoms with Gasteiger partial charge in [-0.2, -0.15) is 0 Å². The topological polar surface area (TPSA) is 87.1 Å². The van der Waals surface area contributed by atoms with Crippen LogP contribution in [0, 0.1) is 28.6 Å². The molecule has 0 radical (unpaired) electrons. The van der Waals surface area contributed by atoms with Gasteiger partial charge in [-0.1, -0.05) is 36.7 Å². The van der Waals surface area contributed by atoms with E-state index in [-0.39, 0.29) is 18.4 Å². The molecule has 0 bridgehead atoms. The second-order valence-electron chi connectivity index (χ2n) is 13.7. The molecule has 1 heterocycles. The molecule has 4 aliphatic carbocycles. The standard InChI is InChI=1S/C35H36ClF2NO5S/c1-32-11-10-24(41)14-28(32)29(37)15-27-26-13-21-17-39(23-6-8-25(9-7-23)45-19-20-4-3-5-22(36)12-20)44-35(21,31(43)18-40)33(26,2)16-30(42)34(27,32)38/h3-12,14,21,26-27,29-30,40,42H,13,15-19H2,1-2H3/t21-,26-,27-,29-,30-,32-,33-,34-,35-/m0/s1. The van der Waals surface area contributed by atoms with Gasteiger partial charge in [-0.3, -0.25) is 19.5 Å². The maximum absolute atomic E-state index is 17.6. The third-order valence-corrected chi connectivity index (χ3v) is 12.9. The van der Waals surface area contributed by atoms with Gasteiger partial charge in [0.1, 0.15) is 12.8 Å². The highest BCUT2D eigenvalue weighted by atomic mass is 35.5. The van der Waals surface area contributed by atoms with E-state index in [1.54, 1.807) is 23.7 Å². The number of benzene rings is 2. The van der Waals surface area contributed by atoms with Gasteiger partial charge in [0.15, 0.2) is 22.8 Å². The third-order valence-electron chi connectivity index (χ3n) is 11.6. The number of aliphatic hydroxyl groups is 2. The van der Waals surface area contributed by atoms with E-state index in [4.69, 9.17) is 16.4 Å². The summed E-state index contributed by atoms with van der Waals surface area (Å²) >= 11 is 7.78. The summed E-state index contributed by atoms with van der Waals surface area (Å²) in [4.78, 5) is 33.5. The van der Waals surface area contributed by atoms with Crippen LogP contribution in [-0.2, 0) is 20.2 Å². The quantitative estimate of drug-likeness (QED) is 0.357. The van der Waals surface area contributed by atoms with Crippen molar-refractivity contribution in [2.45, 2.75) is 67.3 Å². The lowest BCUT2D eigenvalue weighted by molar-refractivity contribution is -0.228. The molecule has 4 fully saturated rings. The van der Waals surface area contributed by atoms with Crippen LogP contribution in [0.25, 0.3) is 0 Å². The first-order valence-electron chi connectivity index (χ1n) is 15.4. The largest absolute Gasteiger partial charge is 0.390 e. The average molecular weight is 656 g/mol. The van der Waals surface area contributed by atoms with Gasteiger partial charge < -0.3 is 10.2 Å². The molecule has 2 aromatic carbocycles. The van der Waals surface area contributed by atoms with Crippen molar-refractivity contribution in [2.24, 2.45) is 28.6 Å². The van der Waals surface area contributed by atoms with Gasteiger partial charge in [0.2, 0.25) is 0 Å². The van der Waals surface area contributed by atoms with Gasteiger partial charge in [0, 0.05) is 38.3 Å². The van der Waals surface area contributed by atoms with Crippen LogP contribution in [0.15, 0.2) is 77.2 Å². The number of thioether (sulfide) groups is 1. The lowest BCUT2D eigenvalue weighted by Crippen LogP contribution is -2.70. The zero-order valence-electron chi connectivity index (χ0n) is 25.1. The normalized spacial score (nSPS) is 40.0. The van der Waals surface area contributed by atoms with E-state index in [1.807, 2.05) is 55.5 Å². The fourth-order valence-corrected chi connectivity index (χ4v) is 10.6. The van der Waals surface area contributed by atoms with Crippen LogP contribution in [0.4, 0.5) is 14.5 Å². The van der Waals surface area contributed by atoms with Crippen LogP contribution in [0.5, 0.6) is 0 Å². The summed E-state index contributed by atoms with van der Waals surface area (Å²) in [5.41, 5.74) is -4.44. The molecule has 5 aliphatic rings. The van der Waals surface area contributed by atoms with E-state index < -0.39 is 70.3 Å². The predicted octanol–water partition coefficient (Wildman–Crippen LogP) is 6.23. The molecule has 1 saturated heterocycles. The molecule has 0 unspecified atom stereocenters. The molecule has 2 aromatic rings. The lowest BCUT2D eigenvalue weighted by Gasteiger charge is -2.63. The summed E-state index contributed by atoms with van der Waals surface area (Å²) in [5, 5.41) is 24.3. The first-order valence-corrected chi connectivity index (χ1v) is 16.8. The molecule has 0 aromatic heterocycles. The number of aliphatic hydroxyl groups excluding tert-OH is 2. The molecule has 0 spiro atoms. The Morgan fingerprint density at radius 1 is 1.16 bits per heavy atom. The van der Waals surface area contributed by atoms with Crippen LogP contribution in [0.1, 0.15) is 38.7 Å². The number of hydroxylamine groups is 1. The molecular weight excluding hydrogens is 620 g/mol. The van der Waals surface area contributed by atoms with Crippen LogP contribution in [0.2, 0.25) is 5.02 Å². The second kappa shape index (κ2) is 10.7. The third kappa shape index (κ3) is 4.30. The number of Topliss-reactive ketones (excluding diaryl/α,β-unsaturated/α-hetero) is 1. The number of anilines is 1. The fourth-order valence-electron chi connectivity index (χ4n) is 9.52. The monoisotopic (exact) mass is 655 g/mol. The van der Waals surface area contributed by atoms with E-state index in [0.717, 1.165) is 21.9 Å². The molecular formula is C35H36ClF2NO5S. The molecule has 1 aliphatic heterocycles. The van der Waals surface area contributed by atoms with Crippen molar-refractivity contribution in [3.8, 4) is 0 Å². The molecule has 6 nitrogen and oxygen atoms in total. The van der Waals surface area contributed by atoms with Crippen molar-refractivity contribution in [2.75, 3.05) is 18.2 Å². The van der Waals surface area contributed by atoms with Crippen LogP contribution in [0.3, 0.4) is 0 Å². The number of ketones is 2. The summed E-state index contributed by atoms with van der Waals surface area (Å²) in [6.07, 6.45) is 0.775. The fraction of sp³-hybridized carbons (Fsp3) is 0.486. The van der Waals surface area contributed by atoms with Gasteiger partial charge in [-0.15, -0.1) is 11.8 Å². The van der Waals surface area contributed by atoms with Crippen molar-refractivity contribution in [1.82, 2.24) is 0 Å². The summed E-state index contributed by atoms with van der Waals surface area (Å²) in [7, 11) is 0. The van der Waals surface area contributed by atoms with Crippen molar-refractivity contribution in [1.29, 1.82) is 0 Å². The Labute approximate surface area is 270 Å². The van der Waals surface area contributed by atoms with Crippen LogP contribution < -0.4 is 5.06 Å². The van der Waals surface area contributed by atoms with E-state index in [1.165, 1.54) is 18.2 Å². The molecule has 238 valence electrons. The van der Waals surface area contributed by atoms with E-state index in [9.17, 15) is 19.8 Å². The number of rotatable bonds is 6. The Balaban J connectivity index is 1.18. The van der Waals surface area contributed by atoms with Crippen LogP contribution in [-0.4, -0.2) is 58.5 Å². The van der Waals surface area contributed by atoms with E-state index >= 15 is 8.78 Å². The highest BCUT2D eigenvalue weighted by molar-refractivity contribution is 7.98. The molecule has 7 rings (SSSR count). The van der Waals surface area contributed by atoms with Gasteiger partial charge in [0.25, 0.3) is 0 Å². The smallest absolute Gasteiger partial charge is 0.193 e. The van der Waals surface area contributed by atoms with Gasteiger partial charge in [-0.25, -0.2) is 8.78 Å². The maximum Gasteiger partial charge on any atom is 0.193 e. The molecule has 0 amide bonds. The summed E-state index contributed by atoms with van der Waals surface area (Å²) in [6.45, 7) is 2.94. The van der Waals surface area contributed by atoms with Crippen molar-refractivity contribution >= 4 is 40.6 Å². The van der Waals surface area contributed by atoms with Crippen molar-refractivity contribution in [3.05, 3.63) is 82.9 Å². The molecule has 45 heavy (non-hydrogen) atoms. The zero-order valence-corrected chi connectivity index (χ0v) is 26.7. The maximum atomic E-state index is 17.6. The zero-order chi connectivity index (χ0) is 31.9. The number of carbonyl (C=O) groups excluding carboxylic acids is 2. The molecule has 9 atom stereocenters. The average Bonchev–Trinajstić information content (AvgIpc) is 3.52.